The number of hydrogen-bond donors (Lipinski definition) is 3. The van der Waals surface area contributed by atoms with Crippen molar-refractivity contribution in [1.82, 2.24) is 5.32 Å². The molecule has 0 bridgehead atoms. The van der Waals surface area contributed by atoms with Crippen molar-refractivity contribution < 1.29 is 14.6 Å². The Labute approximate surface area is 113 Å². The van der Waals surface area contributed by atoms with Gasteiger partial charge in [0, 0.05) is 18.7 Å². The van der Waals surface area contributed by atoms with Gasteiger partial charge >= 0.3 is 6.09 Å². The van der Waals surface area contributed by atoms with Crippen LogP contribution in [0.15, 0.2) is 18.2 Å². The van der Waals surface area contributed by atoms with Crippen LogP contribution in [0.3, 0.4) is 0 Å². The molecule has 0 radical (unpaired) electrons. The Kier molecular flexibility index (Phi) is 6.74. The van der Waals surface area contributed by atoms with E-state index >= 15 is 0 Å². The molecule has 0 heterocycles. The maximum absolute atomic E-state index is 10.4. The Bertz CT molecular complexity index is 408. The average Bonchev–Trinajstić information content (AvgIpc) is 2.39. The van der Waals surface area contributed by atoms with E-state index in [1.165, 1.54) is 0 Å². The number of unbranched alkanes of at least 4 members (excludes halogenated alkanes) is 1. The number of carbonyl (C=O) groups is 1. The SMILES string of the molecule is CCCCOc1cc(CCNC(=O)O)ccc1CN. The van der Waals surface area contributed by atoms with Crippen LogP contribution in [-0.4, -0.2) is 24.4 Å². The smallest absolute Gasteiger partial charge is 0.404 e. The van der Waals surface area contributed by atoms with Crippen molar-refractivity contribution in [3.05, 3.63) is 29.3 Å². The standard InChI is InChI=1S/C14H22N2O3/c1-2-3-8-19-13-9-11(4-5-12(13)10-15)6-7-16-14(17)18/h4-5,9,16H,2-3,6-8,10,15H2,1H3,(H,17,18). The minimum absolute atomic E-state index is 0.395. The van der Waals surface area contributed by atoms with E-state index in [2.05, 4.69) is 12.2 Å². The molecule has 1 aromatic carbocycles. The second-order valence-corrected chi connectivity index (χ2v) is 4.33. The summed E-state index contributed by atoms with van der Waals surface area (Å²) in [6.07, 6.45) is 1.73. The van der Waals surface area contributed by atoms with Crippen LogP contribution in [0.1, 0.15) is 30.9 Å². The van der Waals surface area contributed by atoms with Crippen molar-refractivity contribution in [1.29, 1.82) is 0 Å². The Morgan fingerprint density at radius 1 is 1.47 bits per heavy atom. The summed E-state index contributed by atoms with van der Waals surface area (Å²) in [7, 11) is 0. The predicted octanol–water partition coefficient (Wildman–Crippen LogP) is 2.13. The first-order valence-corrected chi connectivity index (χ1v) is 6.58. The zero-order valence-corrected chi connectivity index (χ0v) is 11.3. The normalized spacial score (nSPS) is 10.2. The lowest BCUT2D eigenvalue weighted by molar-refractivity contribution is 0.194. The summed E-state index contributed by atoms with van der Waals surface area (Å²) in [6, 6.07) is 5.84. The fourth-order valence-corrected chi connectivity index (χ4v) is 1.70. The van der Waals surface area contributed by atoms with Gasteiger partial charge < -0.3 is 20.9 Å². The molecule has 4 N–H and O–H groups in total. The van der Waals surface area contributed by atoms with Crippen molar-refractivity contribution in [3.8, 4) is 5.75 Å². The molecule has 0 aromatic heterocycles. The molecular formula is C14H22N2O3. The van der Waals surface area contributed by atoms with Gasteiger partial charge in [-0.3, -0.25) is 0 Å². The van der Waals surface area contributed by atoms with Gasteiger partial charge in [0.25, 0.3) is 0 Å². The third-order valence-electron chi connectivity index (χ3n) is 2.80. The van der Waals surface area contributed by atoms with E-state index in [0.717, 1.165) is 29.7 Å². The first kappa shape index (κ1) is 15.3. The first-order valence-electron chi connectivity index (χ1n) is 6.58. The highest BCUT2D eigenvalue weighted by molar-refractivity contribution is 5.64. The lowest BCUT2D eigenvalue weighted by Crippen LogP contribution is -2.23. The molecule has 0 fully saturated rings. The summed E-state index contributed by atoms with van der Waals surface area (Å²) in [4.78, 5) is 10.4. The van der Waals surface area contributed by atoms with Crippen LogP contribution >= 0.6 is 0 Å². The topological polar surface area (TPSA) is 84.6 Å². The molecule has 0 saturated heterocycles. The zero-order valence-electron chi connectivity index (χ0n) is 11.3. The molecule has 106 valence electrons. The fourth-order valence-electron chi connectivity index (χ4n) is 1.70. The predicted molar refractivity (Wildman–Crippen MR) is 74.5 cm³/mol. The van der Waals surface area contributed by atoms with Gasteiger partial charge in [-0.25, -0.2) is 4.79 Å². The van der Waals surface area contributed by atoms with Crippen LogP contribution in [0, 0.1) is 0 Å². The molecule has 0 unspecified atom stereocenters. The Morgan fingerprint density at radius 2 is 2.26 bits per heavy atom. The van der Waals surface area contributed by atoms with E-state index in [-0.39, 0.29) is 0 Å². The molecule has 5 nitrogen and oxygen atoms in total. The summed E-state index contributed by atoms with van der Waals surface area (Å²) in [5, 5.41) is 10.9. The second kappa shape index (κ2) is 8.37. The van der Waals surface area contributed by atoms with Gasteiger partial charge in [-0.15, -0.1) is 0 Å². The maximum atomic E-state index is 10.4. The molecule has 0 aliphatic carbocycles. The average molecular weight is 266 g/mol. The van der Waals surface area contributed by atoms with E-state index in [0.29, 0.717) is 26.1 Å². The van der Waals surface area contributed by atoms with Crippen molar-refractivity contribution in [3.63, 3.8) is 0 Å². The third-order valence-corrected chi connectivity index (χ3v) is 2.80. The number of carboxylic acid groups (broad SMARTS) is 1. The van der Waals surface area contributed by atoms with E-state index < -0.39 is 6.09 Å². The van der Waals surface area contributed by atoms with E-state index in [1.807, 2.05) is 18.2 Å². The molecule has 1 aromatic rings. The van der Waals surface area contributed by atoms with Crippen LogP contribution in [0.4, 0.5) is 4.79 Å². The summed E-state index contributed by atoms with van der Waals surface area (Å²) in [5.74, 6) is 0.809. The molecule has 0 aliphatic rings. The summed E-state index contributed by atoms with van der Waals surface area (Å²) in [5.41, 5.74) is 7.69. The van der Waals surface area contributed by atoms with Gasteiger partial charge in [0.1, 0.15) is 5.75 Å². The Balaban J connectivity index is 2.62. The van der Waals surface area contributed by atoms with E-state index in [9.17, 15) is 4.79 Å². The zero-order chi connectivity index (χ0) is 14.1. The lowest BCUT2D eigenvalue weighted by Gasteiger charge is -2.12. The monoisotopic (exact) mass is 266 g/mol. The van der Waals surface area contributed by atoms with Crippen LogP contribution in [0.25, 0.3) is 0 Å². The minimum atomic E-state index is -1.00. The molecule has 0 spiro atoms. The number of hydrogen-bond acceptors (Lipinski definition) is 3. The number of nitrogens with one attached hydrogen (secondary N) is 1. The van der Waals surface area contributed by atoms with Crippen LogP contribution in [-0.2, 0) is 13.0 Å². The number of benzene rings is 1. The molecule has 1 amide bonds. The maximum Gasteiger partial charge on any atom is 0.404 e. The first-order chi connectivity index (χ1) is 9.17. The molecule has 1 rings (SSSR count). The number of ether oxygens (including phenoxy) is 1. The van der Waals surface area contributed by atoms with E-state index in [4.69, 9.17) is 15.6 Å². The Hall–Kier alpha value is -1.75. The fraction of sp³-hybridized carbons (Fsp3) is 0.500. The minimum Gasteiger partial charge on any atom is -0.493 e. The summed E-state index contributed by atoms with van der Waals surface area (Å²) < 4.78 is 5.72. The van der Waals surface area contributed by atoms with E-state index in [1.54, 1.807) is 0 Å². The summed E-state index contributed by atoms with van der Waals surface area (Å²) in [6.45, 7) is 3.63. The van der Waals surface area contributed by atoms with Gasteiger partial charge in [-0.05, 0) is 24.5 Å². The molecular weight excluding hydrogens is 244 g/mol. The molecule has 19 heavy (non-hydrogen) atoms. The van der Waals surface area contributed by atoms with Crippen LogP contribution < -0.4 is 15.8 Å². The van der Waals surface area contributed by atoms with Crippen molar-refractivity contribution in [2.24, 2.45) is 5.73 Å². The van der Waals surface area contributed by atoms with Crippen molar-refractivity contribution >= 4 is 6.09 Å². The molecule has 0 saturated carbocycles. The lowest BCUT2D eigenvalue weighted by atomic mass is 10.1. The third kappa shape index (κ3) is 5.61. The van der Waals surface area contributed by atoms with Gasteiger partial charge in [0.2, 0.25) is 0 Å². The number of rotatable bonds is 8. The molecule has 5 heteroatoms. The summed E-state index contributed by atoms with van der Waals surface area (Å²) >= 11 is 0. The quantitative estimate of drug-likeness (QED) is 0.629. The van der Waals surface area contributed by atoms with Gasteiger partial charge in [-0.1, -0.05) is 25.5 Å². The highest BCUT2D eigenvalue weighted by atomic mass is 16.5. The van der Waals surface area contributed by atoms with Crippen molar-refractivity contribution in [2.45, 2.75) is 32.7 Å². The van der Waals surface area contributed by atoms with Gasteiger partial charge in [0.15, 0.2) is 0 Å². The highest BCUT2D eigenvalue weighted by Crippen LogP contribution is 2.20. The van der Waals surface area contributed by atoms with Crippen molar-refractivity contribution in [2.75, 3.05) is 13.2 Å². The van der Waals surface area contributed by atoms with Gasteiger partial charge in [0.05, 0.1) is 6.61 Å². The number of amides is 1. The second-order valence-electron chi connectivity index (χ2n) is 4.33. The molecule has 0 atom stereocenters. The largest absolute Gasteiger partial charge is 0.493 e. The van der Waals surface area contributed by atoms with Crippen LogP contribution in [0.5, 0.6) is 5.75 Å². The highest BCUT2D eigenvalue weighted by Gasteiger charge is 2.05. The molecule has 0 aliphatic heterocycles. The Morgan fingerprint density at radius 3 is 2.89 bits per heavy atom. The van der Waals surface area contributed by atoms with Crippen LogP contribution in [0.2, 0.25) is 0 Å². The number of nitrogens with two attached hydrogens (primary N) is 1. The van der Waals surface area contributed by atoms with Gasteiger partial charge in [-0.2, -0.15) is 0 Å².